The van der Waals surface area contributed by atoms with E-state index < -0.39 is 0 Å². The molecule has 0 saturated carbocycles. The highest BCUT2D eigenvalue weighted by molar-refractivity contribution is 7.58. The summed E-state index contributed by atoms with van der Waals surface area (Å²) in [5.74, 6) is 0.885. The highest BCUT2D eigenvalue weighted by Gasteiger charge is 1.85. The van der Waals surface area contributed by atoms with Crippen molar-refractivity contribution in [3.05, 3.63) is 24.3 Å². The second-order valence-corrected chi connectivity index (χ2v) is 2.38. The molecule has 0 spiro atoms. The molecule has 2 heteroatoms. The van der Waals surface area contributed by atoms with Crippen molar-refractivity contribution in [3.8, 4) is 5.75 Å². The van der Waals surface area contributed by atoms with Gasteiger partial charge in [0.05, 0.1) is 6.61 Å². The van der Waals surface area contributed by atoms with Crippen LogP contribution in [-0.4, -0.2) is 6.61 Å². The molecule has 0 aliphatic heterocycles. The largest absolute Gasteiger partial charge is 0.780 e. The zero-order valence-electron chi connectivity index (χ0n) is 5.83. The molecule has 0 amide bonds. The van der Waals surface area contributed by atoms with Gasteiger partial charge in [0.25, 0.3) is 0 Å². The Morgan fingerprint density at radius 1 is 1.30 bits per heavy atom. The van der Waals surface area contributed by atoms with E-state index in [0.717, 1.165) is 10.6 Å². The monoisotopic (exact) mass is 153 g/mol. The van der Waals surface area contributed by atoms with Crippen LogP contribution in [-0.2, 0) is 12.6 Å². The molecule has 0 fully saturated rings. The molecule has 0 heterocycles. The zero-order valence-corrected chi connectivity index (χ0v) is 6.65. The van der Waals surface area contributed by atoms with Gasteiger partial charge in [0.15, 0.2) is 0 Å². The fraction of sp³-hybridized carbons (Fsp3) is 0.250. The second kappa shape index (κ2) is 3.42. The molecule has 1 aromatic rings. The van der Waals surface area contributed by atoms with Crippen molar-refractivity contribution < 1.29 is 4.74 Å². The van der Waals surface area contributed by atoms with Crippen molar-refractivity contribution in [3.63, 3.8) is 0 Å². The van der Waals surface area contributed by atoms with Crippen molar-refractivity contribution in [2.45, 2.75) is 11.8 Å². The third kappa shape index (κ3) is 1.88. The van der Waals surface area contributed by atoms with Crippen LogP contribution < -0.4 is 4.74 Å². The van der Waals surface area contributed by atoms with Crippen LogP contribution in [0, 0.1) is 0 Å². The van der Waals surface area contributed by atoms with Crippen molar-refractivity contribution in [2.75, 3.05) is 6.61 Å². The fourth-order valence-electron chi connectivity index (χ4n) is 0.703. The lowest BCUT2D eigenvalue weighted by molar-refractivity contribution is 0.340. The van der Waals surface area contributed by atoms with E-state index in [1.54, 1.807) is 0 Å². The Bertz CT molecular complexity index is 193. The number of ether oxygens (including phenoxy) is 1. The molecule has 0 bridgehead atoms. The molecule has 0 aliphatic rings. The van der Waals surface area contributed by atoms with Crippen molar-refractivity contribution in [2.24, 2.45) is 0 Å². The Balaban J connectivity index is 2.69. The summed E-state index contributed by atoms with van der Waals surface area (Å²) in [6.07, 6.45) is 0. The Hall–Kier alpha value is -0.760. The van der Waals surface area contributed by atoms with Gasteiger partial charge in [0, 0.05) is 0 Å². The van der Waals surface area contributed by atoms with Gasteiger partial charge in [-0.1, -0.05) is 12.1 Å². The van der Waals surface area contributed by atoms with E-state index in [0.29, 0.717) is 6.61 Å². The van der Waals surface area contributed by atoms with Gasteiger partial charge in [0.2, 0.25) is 0 Å². The van der Waals surface area contributed by atoms with Crippen LogP contribution in [0.4, 0.5) is 0 Å². The van der Waals surface area contributed by atoms with Gasteiger partial charge in [-0.15, -0.1) is 0 Å². The van der Waals surface area contributed by atoms with Crippen LogP contribution in [0.1, 0.15) is 6.92 Å². The summed E-state index contributed by atoms with van der Waals surface area (Å²) in [5, 5.41) is 0. The van der Waals surface area contributed by atoms with Crippen molar-refractivity contribution in [1.29, 1.82) is 0 Å². The molecule has 0 saturated heterocycles. The predicted molar refractivity (Wildman–Crippen MR) is 43.2 cm³/mol. The lowest BCUT2D eigenvalue weighted by Gasteiger charge is -2.06. The summed E-state index contributed by atoms with van der Waals surface area (Å²) in [4.78, 5) is 0.850. The Morgan fingerprint density at radius 2 is 1.90 bits per heavy atom. The average molecular weight is 153 g/mol. The van der Waals surface area contributed by atoms with E-state index in [4.69, 9.17) is 17.4 Å². The smallest absolute Gasteiger partial charge is 0.119 e. The summed E-state index contributed by atoms with van der Waals surface area (Å²) in [7, 11) is 0. The summed E-state index contributed by atoms with van der Waals surface area (Å²) < 4.78 is 5.21. The first kappa shape index (κ1) is 7.35. The number of hydrogen-bond donors (Lipinski definition) is 0. The van der Waals surface area contributed by atoms with Gasteiger partial charge in [-0.05, 0) is 19.1 Å². The summed E-state index contributed by atoms with van der Waals surface area (Å²) in [6, 6.07) is 7.48. The quantitative estimate of drug-likeness (QED) is 0.601. The van der Waals surface area contributed by atoms with Crippen LogP contribution >= 0.6 is 0 Å². The van der Waals surface area contributed by atoms with E-state index >= 15 is 0 Å². The van der Waals surface area contributed by atoms with Crippen molar-refractivity contribution in [1.82, 2.24) is 0 Å². The molecule has 0 aromatic heterocycles. The minimum Gasteiger partial charge on any atom is -0.780 e. The summed E-state index contributed by atoms with van der Waals surface area (Å²) in [5.41, 5.74) is 0. The predicted octanol–water partition coefficient (Wildman–Crippen LogP) is 1.99. The molecule has 1 rings (SSSR count). The number of rotatable bonds is 2. The third-order valence-electron chi connectivity index (χ3n) is 1.13. The Morgan fingerprint density at radius 3 is 2.40 bits per heavy atom. The lowest BCUT2D eigenvalue weighted by Crippen LogP contribution is -1.90. The molecule has 0 aliphatic carbocycles. The number of benzene rings is 1. The van der Waals surface area contributed by atoms with Crippen LogP contribution in [0.2, 0.25) is 0 Å². The zero-order chi connectivity index (χ0) is 7.40. The maximum Gasteiger partial charge on any atom is 0.119 e. The normalized spacial score (nSPS) is 9.30. The Kier molecular flexibility index (Phi) is 2.51. The van der Waals surface area contributed by atoms with Crippen LogP contribution in [0.3, 0.4) is 0 Å². The summed E-state index contributed by atoms with van der Waals surface area (Å²) >= 11 is 4.90. The maximum atomic E-state index is 5.21. The fourth-order valence-corrected chi connectivity index (χ4v) is 0.839. The minimum absolute atomic E-state index is 0.705. The molecule has 0 N–H and O–H groups in total. The van der Waals surface area contributed by atoms with E-state index in [1.165, 1.54) is 0 Å². The minimum atomic E-state index is 0.705. The van der Waals surface area contributed by atoms with Gasteiger partial charge in [-0.2, -0.15) is 4.90 Å². The highest BCUT2D eigenvalue weighted by atomic mass is 32.1. The first-order valence-electron chi connectivity index (χ1n) is 3.23. The molecule has 1 aromatic carbocycles. The van der Waals surface area contributed by atoms with Gasteiger partial charge < -0.3 is 17.4 Å². The van der Waals surface area contributed by atoms with E-state index in [1.807, 2.05) is 31.2 Å². The lowest BCUT2D eigenvalue weighted by atomic mass is 10.3. The van der Waals surface area contributed by atoms with Gasteiger partial charge in [0.1, 0.15) is 5.75 Å². The maximum absolute atomic E-state index is 5.21. The molecule has 0 atom stereocenters. The molecular formula is C8H9OS-. The number of hydrogen-bond acceptors (Lipinski definition) is 2. The average Bonchev–Trinajstić information content (AvgIpc) is 1.95. The van der Waals surface area contributed by atoms with E-state index in [-0.39, 0.29) is 0 Å². The van der Waals surface area contributed by atoms with Crippen molar-refractivity contribution >= 4 is 12.6 Å². The molecular weight excluding hydrogens is 144 g/mol. The SMILES string of the molecule is CCOc1ccc([S-])cc1. The first-order valence-corrected chi connectivity index (χ1v) is 3.63. The van der Waals surface area contributed by atoms with E-state index in [2.05, 4.69) is 0 Å². The summed E-state index contributed by atoms with van der Waals surface area (Å²) in [6.45, 7) is 2.67. The highest BCUT2D eigenvalue weighted by Crippen LogP contribution is 2.10. The van der Waals surface area contributed by atoms with Crippen LogP contribution in [0.25, 0.3) is 0 Å². The molecule has 54 valence electrons. The van der Waals surface area contributed by atoms with Gasteiger partial charge in [-0.25, -0.2) is 0 Å². The van der Waals surface area contributed by atoms with Crippen LogP contribution in [0.5, 0.6) is 5.75 Å². The molecule has 0 unspecified atom stereocenters. The molecule has 10 heavy (non-hydrogen) atoms. The second-order valence-electron chi connectivity index (χ2n) is 1.90. The van der Waals surface area contributed by atoms with E-state index in [9.17, 15) is 0 Å². The van der Waals surface area contributed by atoms with Crippen LogP contribution in [0.15, 0.2) is 29.2 Å². The molecule has 0 radical (unpaired) electrons. The van der Waals surface area contributed by atoms with Gasteiger partial charge >= 0.3 is 0 Å². The standard InChI is InChI=1S/C8H10OS/c1-2-9-7-3-5-8(10)6-4-7/h3-6,10H,2H2,1H3/p-1. The van der Waals surface area contributed by atoms with Gasteiger partial charge in [-0.3, -0.25) is 0 Å². The third-order valence-corrected chi connectivity index (χ3v) is 1.41. The molecule has 1 nitrogen and oxygen atoms in total. The first-order chi connectivity index (χ1) is 4.83. The Labute approximate surface area is 66.4 Å². The topological polar surface area (TPSA) is 9.23 Å².